The van der Waals surface area contributed by atoms with Crippen molar-refractivity contribution >= 4 is 26.6 Å². The van der Waals surface area contributed by atoms with E-state index >= 15 is 0 Å². The number of anilines is 1. The van der Waals surface area contributed by atoms with Crippen molar-refractivity contribution < 1.29 is 25.8 Å². The van der Waals surface area contributed by atoms with E-state index in [4.69, 9.17) is 0 Å². The fraction of sp³-hybridized carbons (Fsp3) is 0.467. The van der Waals surface area contributed by atoms with Gasteiger partial charge in [0.05, 0.1) is 0 Å². The summed E-state index contributed by atoms with van der Waals surface area (Å²) in [6.45, 7) is 2.96. The summed E-state index contributed by atoms with van der Waals surface area (Å²) in [4.78, 5) is 2.05. The van der Waals surface area contributed by atoms with E-state index in [0.717, 1.165) is 18.0 Å². The van der Waals surface area contributed by atoms with Crippen molar-refractivity contribution in [3.05, 3.63) is 23.3 Å². The first kappa shape index (κ1) is 18.9. The highest BCUT2D eigenvalue weighted by Gasteiger charge is 2.49. The van der Waals surface area contributed by atoms with Crippen molar-refractivity contribution in [3.63, 3.8) is 0 Å². The van der Waals surface area contributed by atoms with Gasteiger partial charge in [-0.25, -0.2) is 0 Å². The second-order valence-corrected chi connectivity index (χ2v) is 8.65. The first-order valence-corrected chi connectivity index (χ1v) is 9.91. The average Bonchev–Trinajstić information content (AvgIpc) is 3.25. The van der Waals surface area contributed by atoms with Crippen molar-refractivity contribution in [2.45, 2.75) is 38.2 Å². The van der Waals surface area contributed by atoms with Crippen LogP contribution in [0.15, 0.2) is 12.1 Å². The molecule has 26 heavy (non-hydrogen) atoms. The minimum absolute atomic E-state index is 0.264. The molecule has 0 unspecified atom stereocenters. The van der Waals surface area contributed by atoms with Crippen LogP contribution >= 0.6 is 11.3 Å². The normalized spacial score (nSPS) is 15.2. The second kappa shape index (κ2) is 6.38. The number of benzene rings is 1. The van der Waals surface area contributed by atoms with Crippen molar-refractivity contribution in [2.24, 2.45) is 0 Å². The van der Waals surface area contributed by atoms with E-state index in [1.807, 2.05) is 11.9 Å². The molecule has 0 aliphatic heterocycles. The first-order chi connectivity index (χ1) is 12.0. The van der Waals surface area contributed by atoms with E-state index < -0.39 is 15.6 Å². The third kappa shape index (κ3) is 3.63. The number of halogens is 3. The van der Waals surface area contributed by atoms with Crippen LogP contribution in [0, 0.1) is 13.8 Å². The monoisotopic (exact) mass is 407 g/mol. The third-order valence-corrected chi connectivity index (χ3v) is 6.01. The van der Waals surface area contributed by atoms with Crippen LogP contribution in [0.1, 0.15) is 24.0 Å². The molecule has 0 radical (unpaired) electrons. The molecule has 1 aromatic heterocycles. The fourth-order valence-corrected chi connectivity index (χ4v) is 3.90. The lowest BCUT2D eigenvalue weighted by Crippen LogP contribution is -2.28. The number of aromatic nitrogens is 2. The van der Waals surface area contributed by atoms with Gasteiger partial charge in [0, 0.05) is 18.7 Å². The van der Waals surface area contributed by atoms with Crippen LogP contribution in [-0.2, 0) is 10.1 Å². The number of rotatable bonds is 5. The standard InChI is InChI=1S/C15H16F3N3O3S2/c1-8-6-10(13-19-20-14(25-13)21(3)11-4-5-11)7-9(2)12(8)24-26(22,23)15(16,17)18/h6-7,11H,4-5H2,1-3H3. The quantitative estimate of drug-likeness (QED) is 0.557. The van der Waals surface area contributed by atoms with Crippen molar-refractivity contribution in [2.75, 3.05) is 11.9 Å². The highest BCUT2D eigenvalue weighted by molar-refractivity contribution is 7.88. The van der Waals surface area contributed by atoms with Gasteiger partial charge in [0.2, 0.25) is 5.13 Å². The van der Waals surface area contributed by atoms with Crippen LogP contribution < -0.4 is 9.08 Å². The van der Waals surface area contributed by atoms with Crippen molar-refractivity contribution in [1.82, 2.24) is 10.2 Å². The fourth-order valence-electron chi connectivity index (χ4n) is 2.45. The van der Waals surface area contributed by atoms with Gasteiger partial charge in [-0.2, -0.15) is 21.6 Å². The van der Waals surface area contributed by atoms with Crippen molar-refractivity contribution in [3.8, 4) is 16.3 Å². The lowest BCUT2D eigenvalue weighted by Gasteiger charge is -2.14. The Kier molecular flexibility index (Phi) is 4.63. The van der Waals surface area contributed by atoms with Crippen LogP contribution in [-0.4, -0.2) is 37.2 Å². The van der Waals surface area contributed by atoms with Crippen LogP contribution in [0.3, 0.4) is 0 Å². The van der Waals surface area contributed by atoms with Gasteiger partial charge in [-0.3, -0.25) is 0 Å². The minimum atomic E-state index is -5.72. The van der Waals surface area contributed by atoms with Crippen LogP contribution in [0.2, 0.25) is 0 Å². The average molecular weight is 407 g/mol. The van der Waals surface area contributed by atoms with Gasteiger partial charge >= 0.3 is 15.6 Å². The number of nitrogens with zero attached hydrogens (tertiary/aromatic N) is 3. The Hall–Kier alpha value is -1.88. The largest absolute Gasteiger partial charge is 0.534 e. The number of hydrogen-bond donors (Lipinski definition) is 0. The lowest BCUT2D eigenvalue weighted by molar-refractivity contribution is -0.0500. The molecule has 1 aliphatic rings. The SMILES string of the molecule is Cc1cc(-c2nnc(N(C)C3CC3)s2)cc(C)c1OS(=O)(=O)C(F)(F)F. The Labute approximate surface area is 152 Å². The molecular formula is C15H16F3N3O3S2. The zero-order valence-corrected chi connectivity index (χ0v) is 15.8. The van der Waals surface area contributed by atoms with Crippen LogP contribution in [0.4, 0.5) is 18.3 Å². The molecule has 0 bridgehead atoms. The van der Waals surface area contributed by atoms with E-state index in [0.29, 0.717) is 16.6 Å². The molecule has 6 nitrogen and oxygen atoms in total. The highest BCUT2D eigenvalue weighted by Crippen LogP contribution is 2.38. The van der Waals surface area contributed by atoms with Gasteiger partial charge in [0.25, 0.3) is 0 Å². The summed E-state index contributed by atoms with van der Waals surface area (Å²) >= 11 is 1.37. The summed E-state index contributed by atoms with van der Waals surface area (Å²) < 4.78 is 64.4. The van der Waals surface area contributed by atoms with Gasteiger partial charge in [-0.05, 0) is 49.9 Å². The number of hydrogen-bond acceptors (Lipinski definition) is 7. The lowest BCUT2D eigenvalue weighted by atomic mass is 10.1. The molecule has 142 valence electrons. The van der Waals surface area contributed by atoms with Gasteiger partial charge in [0.1, 0.15) is 10.8 Å². The molecule has 1 heterocycles. The molecule has 1 saturated carbocycles. The zero-order valence-electron chi connectivity index (χ0n) is 14.2. The summed E-state index contributed by atoms with van der Waals surface area (Å²) in [5, 5.41) is 9.64. The Morgan fingerprint density at radius 2 is 1.77 bits per heavy atom. The Morgan fingerprint density at radius 3 is 2.27 bits per heavy atom. The molecule has 0 N–H and O–H groups in total. The summed E-state index contributed by atoms with van der Waals surface area (Å²) in [7, 11) is -3.77. The molecule has 1 aliphatic carbocycles. The maximum Gasteiger partial charge on any atom is 0.534 e. The maximum absolute atomic E-state index is 12.5. The topological polar surface area (TPSA) is 72.4 Å². The minimum Gasteiger partial charge on any atom is -0.375 e. The molecule has 0 spiro atoms. The highest BCUT2D eigenvalue weighted by atomic mass is 32.2. The second-order valence-electron chi connectivity index (χ2n) is 6.15. The first-order valence-electron chi connectivity index (χ1n) is 7.68. The molecule has 0 saturated heterocycles. The molecule has 1 fully saturated rings. The van der Waals surface area contributed by atoms with Crippen LogP contribution in [0.25, 0.3) is 10.6 Å². The molecule has 2 aromatic rings. The van der Waals surface area contributed by atoms with E-state index in [2.05, 4.69) is 14.4 Å². The molecule has 0 amide bonds. The molecular weight excluding hydrogens is 391 g/mol. The van der Waals surface area contributed by atoms with Gasteiger partial charge in [-0.15, -0.1) is 10.2 Å². The summed E-state index contributed by atoms with van der Waals surface area (Å²) in [5.41, 5.74) is -4.31. The van der Waals surface area contributed by atoms with E-state index in [-0.39, 0.29) is 16.9 Å². The molecule has 0 atom stereocenters. The Morgan fingerprint density at radius 1 is 1.19 bits per heavy atom. The molecule has 3 rings (SSSR count). The summed E-state index contributed by atoms with van der Waals surface area (Å²) in [6, 6.07) is 3.55. The van der Waals surface area contributed by atoms with Crippen LogP contribution in [0.5, 0.6) is 5.75 Å². The number of aryl methyl sites for hydroxylation is 2. The predicted octanol–water partition coefficient (Wildman–Crippen LogP) is 3.65. The Balaban J connectivity index is 1.90. The zero-order chi connectivity index (χ0) is 19.3. The third-order valence-electron chi connectivity index (χ3n) is 3.99. The maximum atomic E-state index is 12.5. The smallest absolute Gasteiger partial charge is 0.375 e. The Bertz CT molecular complexity index is 914. The molecule has 11 heteroatoms. The van der Waals surface area contributed by atoms with Gasteiger partial charge in [0.15, 0.2) is 0 Å². The number of alkyl halides is 3. The van der Waals surface area contributed by atoms with E-state index in [1.54, 1.807) is 0 Å². The van der Waals surface area contributed by atoms with Gasteiger partial charge in [-0.1, -0.05) is 11.3 Å². The van der Waals surface area contributed by atoms with Gasteiger partial charge < -0.3 is 9.08 Å². The van der Waals surface area contributed by atoms with Crippen molar-refractivity contribution in [1.29, 1.82) is 0 Å². The molecule has 1 aromatic carbocycles. The van der Waals surface area contributed by atoms with E-state index in [9.17, 15) is 21.6 Å². The van der Waals surface area contributed by atoms with E-state index in [1.165, 1.54) is 37.3 Å². The summed E-state index contributed by atoms with van der Waals surface area (Å²) in [5.74, 6) is -0.328. The summed E-state index contributed by atoms with van der Waals surface area (Å²) in [6.07, 6.45) is 2.23. The predicted molar refractivity (Wildman–Crippen MR) is 91.8 cm³/mol.